The van der Waals surface area contributed by atoms with Crippen molar-refractivity contribution in [2.24, 2.45) is 0 Å². The first-order valence-corrected chi connectivity index (χ1v) is 9.79. The van der Waals surface area contributed by atoms with Gasteiger partial charge in [0.25, 0.3) is 10.2 Å². The van der Waals surface area contributed by atoms with Crippen LogP contribution in [0.25, 0.3) is 11.1 Å². The quantitative estimate of drug-likeness (QED) is 0.693. The lowest BCUT2D eigenvalue weighted by atomic mass is 10.0. The minimum atomic E-state index is -3.51. The normalized spacial score (nSPS) is 15.0. The molecule has 0 spiro atoms. The molecular weight excluding hydrogens is 372 g/mol. The van der Waals surface area contributed by atoms with Gasteiger partial charge in [0.05, 0.1) is 5.69 Å². The van der Waals surface area contributed by atoms with Crippen LogP contribution in [0.1, 0.15) is 5.56 Å². The van der Waals surface area contributed by atoms with Gasteiger partial charge < -0.3 is 4.74 Å². The summed E-state index contributed by atoms with van der Waals surface area (Å²) in [5.41, 5.74) is 3.23. The Balaban J connectivity index is 1.63. The number of ether oxygens (including phenoxy) is 1. The van der Waals surface area contributed by atoms with Crippen molar-refractivity contribution in [3.63, 3.8) is 0 Å². The van der Waals surface area contributed by atoms with Gasteiger partial charge in [0, 0.05) is 17.1 Å². The van der Waals surface area contributed by atoms with Crippen LogP contribution in [0.5, 0.6) is 11.5 Å². The average Bonchev–Trinajstić information content (AvgIpc) is 2.63. The molecule has 0 saturated heterocycles. The first kappa shape index (κ1) is 16.9. The highest BCUT2D eigenvalue weighted by molar-refractivity contribution is 7.90. The van der Waals surface area contributed by atoms with Crippen LogP contribution in [0.4, 0.5) is 5.69 Å². The molecule has 26 heavy (non-hydrogen) atoms. The highest BCUT2D eigenvalue weighted by Crippen LogP contribution is 2.35. The van der Waals surface area contributed by atoms with E-state index in [1.807, 2.05) is 42.5 Å². The zero-order valence-electron chi connectivity index (χ0n) is 13.6. The molecule has 0 bridgehead atoms. The fraction of sp³-hybridized carbons (Fsp3) is 0.0526. The first-order valence-electron chi connectivity index (χ1n) is 7.93. The second kappa shape index (κ2) is 6.64. The lowest BCUT2D eigenvalue weighted by Crippen LogP contribution is -2.34. The molecule has 4 rings (SSSR count). The van der Waals surface area contributed by atoms with Crippen molar-refractivity contribution >= 4 is 27.5 Å². The van der Waals surface area contributed by atoms with Crippen LogP contribution in [0, 0.1) is 0 Å². The molecule has 1 heterocycles. The summed E-state index contributed by atoms with van der Waals surface area (Å²) in [5.74, 6) is 1.38. The van der Waals surface area contributed by atoms with E-state index in [1.165, 1.54) is 0 Å². The zero-order chi connectivity index (χ0) is 18.1. The third-order valence-corrected chi connectivity index (χ3v) is 5.30. The van der Waals surface area contributed by atoms with Crippen molar-refractivity contribution in [2.75, 3.05) is 4.72 Å². The van der Waals surface area contributed by atoms with Crippen LogP contribution in [0.15, 0.2) is 66.7 Å². The smallest absolute Gasteiger partial charge is 0.299 e. The Hall–Kier alpha value is -2.54. The van der Waals surface area contributed by atoms with Gasteiger partial charge in [-0.15, -0.1) is 0 Å². The van der Waals surface area contributed by atoms with Gasteiger partial charge in [-0.3, -0.25) is 4.72 Å². The van der Waals surface area contributed by atoms with E-state index in [-0.39, 0.29) is 6.54 Å². The first-order chi connectivity index (χ1) is 12.5. The van der Waals surface area contributed by atoms with Crippen LogP contribution in [0.2, 0.25) is 5.02 Å². The summed E-state index contributed by atoms with van der Waals surface area (Å²) < 4.78 is 34.5. The molecule has 0 unspecified atom stereocenters. The zero-order valence-corrected chi connectivity index (χ0v) is 15.1. The second-order valence-electron chi connectivity index (χ2n) is 5.85. The Morgan fingerprint density at radius 1 is 0.885 bits per heavy atom. The molecule has 0 aromatic heterocycles. The Bertz CT molecular complexity index is 1050. The molecule has 1 aliphatic rings. The van der Waals surface area contributed by atoms with E-state index in [9.17, 15) is 8.42 Å². The summed E-state index contributed by atoms with van der Waals surface area (Å²) in [6.45, 7) is 0.274. The molecule has 3 aromatic carbocycles. The average molecular weight is 387 g/mol. The van der Waals surface area contributed by atoms with E-state index in [2.05, 4.69) is 9.44 Å². The van der Waals surface area contributed by atoms with Crippen LogP contribution < -0.4 is 14.2 Å². The third-order valence-electron chi connectivity index (χ3n) is 4.05. The Morgan fingerprint density at radius 2 is 1.54 bits per heavy atom. The van der Waals surface area contributed by atoms with Crippen molar-refractivity contribution in [1.29, 1.82) is 0 Å². The Kier molecular flexibility index (Phi) is 4.32. The summed E-state index contributed by atoms with van der Waals surface area (Å²) in [6, 6.07) is 20.3. The number of hydrogen-bond acceptors (Lipinski definition) is 3. The van der Waals surface area contributed by atoms with Gasteiger partial charge in [-0.2, -0.15) is 13.1 Å². The highest BCUT2D eigenvalue weighted by atomic mass is 35.5. The molecule has 0 fully saturated rings. The monoisotopic (exact) mass is 386 g/mol. The molecule has 7 heteroatoms. The maximum Gasteiger partial charge on any atom is 0.299 e. The molecule has 0 amide bonds. The molecule has 2 N–H and O–H groups in total. The number of nitrogens with one attached hydrogen (secondary N) is 2. The molecule has 1 aliphatic heterocycles. The van der Waals surface area contributed by atoms with Gasteiger partial charge in [-0.05, 0) is 47.5 Å². The number of hydrogen-bond donors (Lipinski definition) is 2. The van der Waals surface area contributed by atoms with Crippen molar-refractivity contribution < 1.29 is 13.2 Å². The van der Waals surface area contributed by atoms with Crippen LogP contribution in [-0.4, -0.2) is 8.42 Å². The summed E-state index contributed by atoms with van der Waals surface area (Å²) in [6.07, 6.45) is 0. The molecule has 5 nitrogen and oxygen atoms in total. The number of para-hydroxylation sites is 1. The fourth-order valence-electron chi connectivity index (χ4n) is 2.79. The lowest BCUT2D eigenvalue weighted by molar-refractivity contribution is 0.483. The molecule has 0 radical (unpaired) electrons. The molecular formula is C19H15ClN2O3S. The molecule has 0 atom stereocenters. The van der Waals surface area contributed by atoms with E-state index in [0.29, 0.717) is 22.2 Å². The van der Waals surface area contributed by atoms with E-state index in [4.69, 9.17) is 16.3 Å². The van der Waals surface area contributed by atoms with Crippen LogP contribution >= 0.6 is 11.6 Å². The number of anilines is 1. The van der Waals surface area contributed by atoms with E-state index in [1.54, 1.807) is 24.3 Å². The Morgan fingerprint density at radius 3 is 2.23 bits per heavy atom. The van der Waals surface area contributed by atoms with Crippen LogP contribution in [0.3, 0.4) is 0 Å². The van der Waals surface area contributed by atoms with Gasteiger partial charge in [0.15, 0.2) is 0 Å². The summed E-state index contributed by atoms with van der Waals surface area (Å²) in [7, 11) is -3.51. The number of rotatable bonds is 3. The SMILES string of the molecule is O=S1(=O)NCc2cccc(-c3ccc(Oc4ccc(Cl)cc4)cc3)c2N1. The minimum Gasteiger partial charge on any atom is -0.457 e. The molecule has 3 aromatic rings. The molecule has 132 valence electrons. The summed E-state index contributed by atoms with van der Waals surface area (Å²) >= 11 is 5.87. The standard InChI is InChI=1S/C19H15ClN2O3S/c20-15-6-10-17(11-7-15)25-16-8-4-13(5-9-16)18-3-1-2-14-12-21-26(23,24)22-19(14)18/h1-11,21-22H,12H2. The van der Waals surface area contributed by atoms with E-state index < -0.39 is 10.2 Å². The van der Waals surface area contributed by atoms with Gasteiger partial charge in [-0.1, -0.05) is 41.9 Å². The molecule has 0 saturated carbocycles. The summed E-state index contributed by atoms with van der Waals surface area (Å²) in [5, 5.41) is 0.651. The lowest BCUT2D eigenvalue weighted by Gasteiger charge is -2.22. The van der Waals surface area contributed by atoms with E-state index in [0.717, 1.165) is 16.7 Å². The molecule has 0 aliphatic carbocycles. The van der Waals surface area contributed by atoms with Gasteiger partial charge in [-0.25, -0.2) is 0 Å². The maximum atomic E-state index is 11.8. The minimum absolute atomic E-state index is 0.274. The van der Waals surface area contributed by atoms with E-state index >= 15 is 0 Å². The van der Waals surface area contributed by atoms with Gasteiger partial charge >= 0.3 is 0 Å². The maximum absolute atomic E-state index is 11.8. The topological polar surface area (TPSA) is 67.4 Å². The van der Waals surface area contributed by atoms with Crippen molar-refractivity contribution in [2.45, 2.75) is 6.54 Å². The predicted octanol–water partition coefficient (Wildman–Crippen LogP) is 4.56. The number of benzene rings is 3. The predicted molar refractivity (Wildman–Crippen MR) is 103 cm³/mol. The van der Waals surface area contributed by atoms with Crippen molar-refractivity contribution in [3.05, 3.63) is 77.3 Å². The van der Waals surface area contributed by atoms with Gasteiger partial charge in [0.2, 0.25) is 0 Å². The Labute approximate surface area is 156 Å². The second-order valence-corrected chi connectivity index (χ2v) is 7.78. The van der Waals surface area contributed by atoms with Crippen molar-refractivity contribution in [3.8, 4) is 22.6 Å². The van der Waals surface area contributed by atoms with Crippen LogP contribution in [-0.2, 0) is 16.8 Å². The third kappa shape index (κ3) is 3.53. The van der Waals surface area contributed by atoms with Gasteiger partial charge in [0.1, 0.15) is 11.5 Å². The summed E-state index contributed by atoms with van der Waals surface area (Å²) in [4.78, 5) is 0. The van der Waals surface area contributed by atoms with Crippen molar-refractivity contribution in [1.82, 2.24) is 4.72 Å². The highest BCUT2D eigenvalue weighted by Gasteiger charge is 2.22. The number of halogens is 1. The largest absolute Gasteiger partial charge is 0.457 e. The number of fused-ring (bicyclic) bond motifs is 1. The fourth-order valence-corrected chi connectivity index (χ4v) is 3.85.